The van der Waals surface area contributed by atoms with Crippen LogP contribution in [0.3, 0.4) is 0 Å². The maximum atomic E-state index is 12.3. The Hall–Kier alpha value is -3.81. The molecule has 1 aliphatic rings. The minimum atomic E-state index is -0.285. The second-order valence-corrected chi connectivity index (χ2v) is 8.16. The highest BCUT2D eigenvalue weighted by molar-refractivity contribution is 5.86. The van der Waals surface area contributed by atoms with Crippen LogP contribution in [0.25, 0.3) is 0 Å². The number of carbonyl (C=O) groups is 2. The van der Waals surface area contributed by atoms with Gasteiger partial charge in [0.25, 0.3) is 5.91 Å². The second kappa shape index (κ2) is 10.2. The minimum Gasteiger partial charge on any atom is -0.489 e. The molecule has 2 amide bonds. The van der Waals surface area contributed by atoms with Crippen LogP contribution in [0.1, 0.15) is 34.6 Å². The SMILES string of the molecule is Cc1noc(C)c1COc1ccc(CC(=O)NNC(=O)CN2CCCc3ccccc32)cc1. The van der Waals surface area contributed by atoms with Gasteiger partial charge in [0.05, 0.1) is 24.2 Å². The van der Waals surface area contributed by atoms with Crippen molar-refractivity contribution in [2.75, 3.05) is 18.0 Å². The molecule has 8 heteroatoms. The van der Waals surface area contributed by atoms with Crippen LogP contribution in [0.15, 0.2) is 53.1 Å². The fourth-order valence-electron chi connectivity index (χ4n) is 3.92. The average molecular weight is 449 g/mol. The molecule has 0 unspecified atom stereocenters. The van der Waals surface area contributed by atoms with Crippen LogP contribution in [0.2, 0.25) is 0 Å². The number of nitrogens with one attached hydrogen (secondary N) is 2. The largest absolute Gasteiger partial charge is 0.489 e. The summed E-state index contributed by atoms with van der Waals surface area (Å²) < 4.78 is 10.9. The predicted molar refractivity (Wildman–Crippen MR) is 124 cm³/mol. The van der Waals surface area contributed by atoms with E-state index in [2.05, 4.69) is 22.1 Å². The van der Waals surface area contributed by atoms with E-state index in [9.17, 15) is 9.59 Å². The monoisotopic (exact) mass is 448 g/mol. The van der Waals surface area contributed by atoms with Gasteiger partial charge < -0.3 is 14.2 Å². The molecule has 0 spiro atoms. The van der Waals surface area contributed by atoms with Crippen LogP contribution in [0.4, 0.5) is 5.69 Å². The van der Waals surface area contributed by atoms with E-state index in [0.717, 1.165) is 47.7 Å². The number of anilines is 1. The van der Waals surface area contributed by atoms with Crippen LogP contribution in [0, 0.1) is 13.8 Å². The van der Waals surface area contributed by atoms with Crippen molar-refractivity contribution in [2.45, 2.75) is 39.7 Å². The Morgan fingerprint density at radius 3 is 2.58 bits per heavy atom. The molecule has 0 atom stereocenters. The zero-order valence-corrected chi connectivity index (χ0v) is 18.9. The normalized spacial score (nSPS) is 12.7. The van der Waals surface area contributed by atoms with Crippen LogP contribution in [-0.4, -0.2) is 30.1 Å². The fourth-order valence-corrected chi connectivity index (χ4v) is 3.92. The van der Waals surface area contributed by atoms with E-state index in [1.807, 2.05) is 61.2 Å². The van der Waals surface area contributed by atoms with Crippen molar-refractivity contribution in [3.05, 3.63) is 76.7 Å². The fraction of sp³-hybridized carbons (Fsp3) is 0.320. The van der Waals surface area contributed by atoms with Crippen LogP contribution in [-0.2, 0) is 29.0 Å². The number of aromatic nitrogens is 1. The highest BCUT2D eigenvalue weighted by Gasteiger charge is 2.19. The number of benzene rings is 2. The van der Waals surface area contributed by atoms with Crippen LogP contribution in [0.5, 0.6) is 5.75 Å². The van der Waals surface area contributed by atoms with Gasteiger partial charge in [-0.1, -0.05) is 35.5 Å². The lowest BCUT2D eigenvalue weighted by atomic mass is 10.0. The van der Waals surface area contributed by atoms with Crippen molar-refractivity contribution in [1.82, 2.24) is 16.0 Å². The highest BCUT2D eigenvalue weighted by Crippen LogP contribution is 2.26. The Kier molecular flexibility index (Phi) is 6.92. The molecule has 4 rings (SSSR count). The number of hydrogen-bond donors (Lipinski definition) is 2. The summed E-state index contributed by atoms with van der Waals surface area (Å²) in [6.07, 6.45) is 2.18. The van der Waals surface area contributed by atoms with E-state index in [1.54, 1.807) is 0 Å². The molecule has 0 radical (unpaired) electrons. The molecule has 1 aromatic heterocycles. The first-order valence-electron chi connectivity index (χ1n) is 11.0. The van der Waals surface area contributed by atoms with Crippen molar-refractivity contribution in [2.24, 2.45) is 0 Å². The molecule has 0 fully saturated rings. The maximum absolute atomic E-state index is 12.3. The first kappa shape index (κ1) is 22.4. The number of aryl methyl sites for hydroxylation is 3. The molecule has 1 aliphatic heterocycles. The zero-order valence-electron chi connectivity index (χ0n) is 18.9. The van der Waals surface area contributed by atoms with Gasteiger partial charge in [-0.3, -0.25) is 20.4 Å². The molecule has 0 bridgehead atoms. The summed E-state index contributed by atoms with van der Waals surface area (Å²) in [5, 5.41) is 3.92. The predicted octanol–water partition coefficient (Wildman–Crippen LogP) is 3.01. The molecule has 8 nitrogen and oxygen atoms in total. The second-order valence-electron chi connectivity index (χ2n) is 8.16. The molecule has 33 heavy (non-hydrogen) atoms. The standard InChI is InChI=1S/C25H28N4O4/c1-17-22(18(2)33-28-17)16-32-21-11-9-19(10-12-21)14-24(30)26-27-25(31)15-29-13-5-7-20-6-3-4-8-23(20)29/h3-4,6,8-12H,5,7,13-16H2,1-2H3,(H,26,30)(H,27,31). The van der Waals surface area contributed by atoms with E-state index in [-0.39, 0.29) is 24.8 Å². The summed E-state index contributed by atoms with van der Waals surface area (Å²) in [5.74, 6) is 0.900. The third-order valence-corrected chi connectivity index (χ3v) is 5.73. The molecule has 2 N–H and O–H groups in total. The van der Waals surface area contributed by atoms with Crippen molar-refractivity contribution >= 4 is 17.5 Å². The number of fused-ring (bicyclic) bond motifs is 1. The molecular weight excluding hydrogens is 420 g/mol. The number of carbonyl (C=O) groups excluding carboxylic acids is 2. The molecule has 3 aromatic rings. The Labute approximate surface area is 192 Å². The van der Waals surface area contributed by atoms with Gasteiger partial charge in [0.15, 0.2) is 0 Å². The van der Waals surface area contributed by atoms with Gasteiger partial charge in [0.2, 0.25) is 5.91 Å². The van der Waals surface area contributed by atoms with Gasteiger partial charge in [-0.15, -0.1) is 0 Å². The molecular formula is C25H28N4O4. The van der Waals surface area contributed by atoms with Gasteiger partial charge >= 0.3 is 0 Å². The summed E-state index contributed by atoms with van der Waals surface area (Å²) in [4.78, 5) is 26.6. The molecule has 0 aliphatic carbocycles. The lowest BCUT2D eigenvalue weighted by Gasteiger charge is -2.30. The smallest absolute Gasteiger partial charge is 0.257 e. The van der Waals surface area contributed by atoms with E-state index >= 15 is 0 Å². The van der Waals surface area contributed by atoms with Crippen LogP contribution >= 0.6 is 0 Å². The van der Waals surface area contributed by atoms with Crippen molar-refractivity contribution in [1.29, 1.82) is 0 Å². The number of hydrazine groups is 1. The van der Waals surface area contributed by atoms with Gasteiger partial charge in [0.1, 0.15) is 18.1 Å². The number of nitrogens with zero attached hydrogens (tertiary/aromatic N) is 2. The number of amides is 2. The lowest BCUT2D eigenvalue weighted by molar-refractivity contribution is -0.127. The Balaban J connectivity index is 1.22. The van der Waals surface area contributed by atoms with Crippen LogP contribution < -0.4 is 20.5 Å². The van der Waals surface area contributed by atoms with Gasteiger partial charge in [-0.05, 0) is 56.0 Å². The van der Waals surface area contributed by atoms with E-state index in [0.29, 0.717) is 12.4 Å². The quantitative estimate of drug-likeness (QED) is 0.540. The molecule has 172 valence electrons. The summed E-state index contributed by atoms with van der Waals surface area (Å²) in [6, 6.07) is 15.4. The third-order valence-electron chi connectivity index (χ3n) is 5.73. The average Bonchev–Trinajstić information content (AvgIpc) is 3.14. The molecule has 2 heterocycles. The summed E-state index contributed by atoms with van der Waals surface area (Å²) >= 11 is 0. The highest BCUT2D eigenvalue weighted by atomic mass is 16.5. The summed E-state index contributed by atoms with van der Waals surface area (Å²) in [7, 11) is 0. The number of hydrogen-bond acceptors (Lipinski definition) is 6. The minimum absolute atomic E-state index is 0.150. The first-order chi connectivity index (χ1) is 16.0. The van der Waals surface area contributed by atoms with E-state index in [4.69, 9.17) is 9.26 Å². The number of rotatable bonds is 7. The topological polar surface area (TPSA) is 96.7 Å². The number of ether oxygens (including phenoxy) is 1. The summed E-state index contributed by atoms with van der Waals surface area (Å²) in [5.41, 5.74) is 9.92. The van der Waals surface area contributed by atoms with Gasteiger partial charge in [-0.25, -0.2) is 0 Å². The van der Waals surface area contributed by atoms with E-state index < -0.39 is 0 Å². The van der Waals surface area contributed by atoms with Crippen molar-refractivity contribution < 1.29 is 18.8 Å². The Morgan fingerprint density at radius 2 is 1.82 bits per heavy atom. The molecule has 2 aromatic carbocycles. The maximum Gasteiger partial charge on any atom is 0.257 e. The Bertz CT molecular complexity index is 1100. The molecule has 0 saturated heterocycles. The van der Waals surface area contributed by atoms with Gasteiger partial charge in [-0.2, -0.15) is 0 Å². The van der Waals surface area contributed by atoms with E-state index in [1.165, 1.54) is 5.56 Å². The first-order valence-corrected chi connectivity index (χ1v) is 11.0. The molecule has 0 saturated carbocycles. The Morgan fingerprint density at radius 1 is 1.06 bits per heavy atom. The zero-order chi connectivity index (χ0) is 23.2. The third kappa shape index (κ3) is 5.71. The summed E-state index contributed by atoms with van der Waals surface area (Å²) in [6.45, 7) is 5.12. The van der Waals surface area contributed by atoms with Gasteiger partial charge in [0, 0.05) is 12.2 Å². The lowest BCUT2D eigenvalue weighted by Crippen LogP contribution is -2.47. The number of para-hydroxylation sites is 1. The van der Waals surface area contributed by atoms with Crippen molar-refractivity contribution in [3.63, 3.8) is 0 Å². The van der Waals surface area contributed by atoms with Crippen molar-refractivity contribution in [3.8, 4) is 5.75 Å².